The Balaban J connectivity index is 1.54. The van der Waals surface area contributed by atoms with Gasteiger partial charge in [0.25, 0.3) is 0 Å². The minimum Gasteiger partial charge on any atom is -0.300 e. The molecule has 0 atom stereocenters. The van der Waals surface area contributed by atoms with Gasteiger partial charge < -0.3 is 0 Å². The molecule has 1 amide bonds. The van der Waals surface area contributed by atoms with Crippen LogP contribution in [0.3, 0.4) is 0 Å². The van der Waals surface area contributed by atoms with E-state index in [9.17, 15) is 4.79 Å². The van der Waals surface area contributed by atoms with Crippen molar-refractivity contribution in [2.24, 2.45) is 0 Å². The molecule has 1 fully saturated rings. The van der Waals surface area contributed by atoms with Gasteiger partial charge in [0.1, 0.15) is 5.01 Å². The van der Waals surface area contributed by atoms with Crippen molar-refractivity contribution in [2.45, 2.75) is 25.2 Å². The first-order valence-corrected chi connectivity index (χ1v) is 8.77. The van der Waals surface area contributed by atoms with E-state index in [1.807, 2.05) is 55.5 Å². The summed E-state index contributed by atoms with van der Waals surface area (Å²) in [6.07, 6.45) is 1.76. The van der Waals surface area contributed by atoms with Gasteiger partial charge in [0.15, 0.2) is 0 Å². The molecule has 1 N–H and O–H groups in total. The molecule has 5 heteroatoms. The lowest BCUT2D eigenvalue weighted by molar-refractivity contribution is -0.118. The van der Waals surface area contributed by atoms with Crippen molar-refractivity contribution in [3.63, 3.8) is 0 Å². The first kappa shape index (κ1) is 15.0. The summed E-state index contributed by atoms with van der Waals surface area (Å²) < 4.78 is 0. The smallest absolute Gasteiger partial charge is 0.236 e. The van der Waals surface area contributed by atoms with Gasteiger partial charge in [-0.2, -0.15) is 0 Å². The molecule has 1 aliphatic carbocycles. The highest BCUT2D eigenvalue weighted by Crippen LogP contribution is 2.49. The van der Waals surface area contributed by atoms with Gasteiger partial charge in [-0.1, -0.05) is 71.5 Å². The summed E-state index contributed by atoms with van der Waals surface area (Å²) in [5.74, 6) is 0.0175. The quantitative estimate of drug-likeness (QED) is 0.778. The molecule has 4 rings (SSSR count). The summed E-state index contributed by atoms with van der Waals surface area (Å²) in [5.41, 5.74) is 2.88. The lowest BCUT2D eigenvalue weighted by atomic mass is 9.94. The molecule has 2 aromatic carbocycles. The lowest BCUT2D eigenvalue weighted by Crippen LogP contribution is -2.27. The highest BCUT2D eigenvalue weighted by Gasteiger charge is 2.51. The minimum atomic E-state index is -0.398. The van der Waals surface area contributed by atoms with Crippen LogP contribution in [0, 0.1) is 6.92 Å². The van der Waals surface area contributed by atoms with Crippen molar-refractivity contribution in [2.75, 3.05) is 5.32 Å². The van der Waals surface area contributed by atoms with Crippen molar-refractivity contribution >= 4 is 22.4 Å². The fourth-order valence-electron chi connectivity index (χ4n) is 2.90. The molecule has 0 bridgehead atoms. The van der Waals surface area contributed by atoms with Gasteiger partial charge in [-0.15, -0.1) is 10.2 Å². The van der Waals surface area contributed by atoms with E-state index >= 15 is 0 Å². The zero-order valence-corrected chi connectivity index (χ0v) is 14.1. The normalized spacial score (nSPS) is 15.0. The zero-order chi connectivity index (χ0) is 16.6. The molecule has 1 heterocycles. The Morgan fingerprint density at radius 2 is 1.88 bits per heavy atom. The third kappa shape index (κ3) is 2.71. The van der Waals surface area contributed by atoms with Crippen LogP contribution in [0.15, 0.2) is 54.6 Å². The number of rotatable bonds is 4. The van der Waals surface area contributed by atoms with Gasteiger partial charge in [-0.05, 0) is 25.3 Å². The fraction of sp³-hybridized carbons (Fsp3) is 0.211. The highest BCUT2D eigenvalue weighted by atomic mass is 32.1. The summed E-state index contributed by atoms with van der Waals surface area (Å²) in [6.45, 7) is 2.05. The maximum Gasteiger partial charge on any atom is 0.236 e. The van der Waals surface area contributed by atoms with Gasteiger partial charge in [-0.3, -0.25) is 10.1 Å². The van der Waals surface area contributed by atoms with Crippen molar-refractivity contribution in [3.05, 3.63) is 65.7 Å². The number of aromatic nitrogens is 2. The van der Waals surface area contributed by atoms with Gasteiger partial charge in [0.2, 0.25) is 11.0 Å². The Labute approximate surface area is 144 Å². The number of hydrogen-bond acceptors (Lipinski definition) is 4. The molecule has 0 spiro atoms. The predicted molar refractivity (Wildman–Crippen MR) is 96.1 cm³/mol. The average Bonchev–Trinajstić information content (AvgIpc) is 3.30. The van der Waals surface area contributed by atoms with Crippen LogP contribution in [0.5, 0.6) is 0 Å². The molecular formula is C19H17N3OS. The van der Waals surface area contributed by atoms with E-state index in [0.717, 1.165) is 29.0 Å². The molecule has 4 nitrogen and oxygen atoms in total. The standard InChI is InChI=1S/C19H17N3OS/c1-13-6-5-9-15(12-13)19(10-11-19)17(23)20-18-22-21-16(24-18)14-7-3-2-4-8-14/h2-9,12H,10-11H2,1H3,(H,20,22,23). The van der Waals surface area contributed by atoms with E-state index in [1.165, 1.54) is 16.9 Å². The van der Waals surface area contributed by atoms with E-state index in [-0.39, 0.29) is 5.91 Å². The Morgan fingerprint density at radius 3 is 2.58 bits per heavy atom. The number of anilines is 1. The topological polar surface area (TPSA) is 54.9 Å². The SMILES string of the molecule is Cc1cccc(C2(C(=O)Nc3nnc(-c4ccccc4)s3)CC2)c1. The van der Waals surface area contributed by atoms with Gasteiger partial charge in [-0.25, -0.2) is 0 Å². The molecular weight excluding hydrogens is 318 g/mol. The number of benzene rings is 2. The summed E-state index contributed by atoms with van der Waals surface area (Å²) in [7, 11) is 0. The summed E-state index contributed by atoms with van der Waals surface area (Å²) >= 11 is 1.40. The number of hydrogen-bond donors (Lipinski definition) is 1. The monoisotopic (exact) mass is 335 g/mol. The fourth-order valence-corrected chi connectivity index (χ4v) is 3.65. The first-order chi connectivity index (χ1) is 11.7. The molecule has 1 aromatic heterocycles. The van der Waals surface area contributed by atoms with Gasteiger partial charge >= 0.3 is 0 Å². The summed E-state index contributed by atoms with van der Waals surface area (Å²) in [6, 6.07) is 18.1. The molecule has 0 unspecified atom stereocenters. The largest absolute Gasteiger partial charge is 0.300 e. The summed E-state index contributed by atoms with van der Waals surface area (Å²) in [5, 5.41) is 12.6. The number of aryl methyl sites for hydroxylation is 1. The first-order valence-electron chi connectivity index (χ1n) is 7.95. The van der Waals surface area contributed by atoms with Crippen LogP contribution in [0.2, 0.25) is 0 Å². The maximum absolute atomic E-state index is 12.8. The van der Waals surface area contributed by atoms with Gasteiger partial charge in [0.05, 0.1) is 5.41 Å². The minimum absolute atomic E-state index is 0.0175. The van der Waals surface area contributed by atoms with Gasteiger partial charge in [0, 0.05) is 5.56 Å². The van der Waals surface area contributed by atoms with E-state index in [1.54, 1.807) is 0 Å². The Bertz CT molecular complexity index is 884. The lowest BCUT2D eigenvalue weighted by Gasteiger charge is -2.14. The Hall–Kier alpha value is -2.53. The van der Waals surface area contributed by atoms with E-state index < -0.39 is 5.41 Å². The molecule has 120 valence electrons. The number of amides is 1. The second-order valence-corrected chi connectivity index (χ2v) is 7.16. The van der Waals surface area contributed by atoms with E-state index in [0.29, 0.717) is 5.13 Å². The second-order valence-electron chi connectivity index (χ2n) is 6.18. The zero-order valence-electron chi connectivity index (χ0n) is 13.3. The van der Waals surface area contributed by atoms with Crippen molar-refractivity contribution in [3.8, 4) is 10.6 Å². The number of nitrogens with zero attached hydrogens (tertiary/aromatic N) is 2. The third-order valence-corrected chi connectivity index (χ3v) is 5.31. The summed E-state index contributed by atoms with van der Waals surface area (Å²) in [4.78, 5) is 12.8. The molecule has 0 aliphatic heterocycles. The van der Waals surface area contributed by atoms with Crippen molar-refractivity contribution in [1.82, 2.24) is 10.2 Å². The molecule has 0 saturated heterocycles. The van der Waals surface area contributed by atoms with Crippen LogP contribution in [0.1, 0.15) is 24.0 Å². The van der Waals surface area contributed by atoms with Crippen LogP contribution in [0.25, 0.3) is 10.6 Å². The van der Waals surface area contributed by atoms with E-state index in [4.69, 9.17) is 0 Å². The molecule has 1 saturated carbocycles. The maximum atomic E-state index is 12.8. The van der Waals surface area contributed by atoms with Crippen molar-refractivity contribution < 1.29 is 4.79 Å². The molecule has 0 radical (unpaired) electrons. The van der Waals surface area contributed by atoms with Crippen LogP contribution in [0.4, 0.5) is 5.13 Å². The molecule has 24 heavy (non-hydrogen) atoms. The molecule has 3 aromatic rings. The Morgan fingerprint density at radius 1 is 1.08 bits per heavy atom. The third-order valence-electron chi connectivity index (χ3n) is 4.42. The number of nitrogens with one attached hydrogen (secondary N) is 1. The number of carbonyl (C=O) groups excluding carboxylic acids is 1. The second kappa shape index (κ2) is 5.83. The predicted octanol–water partition coefficient (Wildman–Crippen LogP) is 4.18. The average molecular weight is 335 g/mol. The van der Waals surface area contributed by atoms with Crippen LogP contribution in [-0.2, 0) is 10.2 Å². The van der Waals surface area contributed by atoms with Crippen LogP contribution >= 0.6 is 11.3 Å². The van der Waals surface area contributed by atoms with Crippen LogP contribution < -0.4 is 5.32 Å². The van der Waals surface area contributed by atoms with Crippen LogP contribution in [-0.4, -0.2) is 16.1 Å². The van der Waals surface area contributed by atoms with Crippen molar-refractivity contribution in [1.29, 1.82) is 0 Å². The number of carbonyl (C=O) groups is 1. The Kier molecular flexibility index (Phi) is 3.65. The molecule has 1 aliphatic rings. The highest BCUT2D eigenvalue weighted by molar-refractivity contribution is 7.18. The van der Waals surface area contributed by atoms with E-state index in [2.05, 4.69) is 21.6 Å².